The van der Waals surface area contributed by atoms with Gasteiger partial charge < -0.3 is 10.6 Å². The fourth-order valence-electron chi connectivity index (χ4n) is 2.49. The largest absolute Gasteiger partial charge is 0.339 e. The van der Waals surface area contributed by atoms with E-state index in [1.165, 1.54) is 0 Å². The molecule has 0 radical (unpaired) electrons. The van der Waals surface area contributed by atoms with Crippen LogP contribution in [-0.2, 0) is 4.79 Å². The Bertz CT molecular complexity index is 482. The number of hydrogen-bond donors (Lipinski definition) is 1. The number of rotatable bonds is 3. The summed E-state index contributed by atoms with van der Waals surface area (Å²) in [6.45, 7) is 3.61. The molecule has 1 aliphatic rings. The highest BCUT2D eigenvalue weighted by molar-refractivity contribution is 6.30. The van der Waals surface area contributed by atoms with E-state index in [-0.39, 0.29) is 11.9 Å². The smallest absolute Gasteiger partial charge is 0.246 e. The fourth-order valence-corrected chi connectivity index (χ4v) is 2.61. The highest BCUT2D eigenvalue weighted by Gasteiger charge is 2.24. The number of nitrogens with zero attached hydrogens (tertiary/aromatic N) is 1. The summed E-state index contributed by atoms with van der Waals surface area (Å²) in [7, 11) is 0. The minimum absolute atomic E-state index is 0.0605. The van der Waals surface area contributed by atoms with Crippen molar-refractivity contribution in [2.45, 2.75) is 25.8 Å². The minimum atomic E-state index is 0.0605. The molecule has 2 N–H and O–H groups in total. The van der Waals surface area contributed by atoms with E-state index in [2.05, 4.69) is 0 Å². The first-order chi connectivity index (χ1) is 9.56. The standard InChI is InChI=1S/C16H21ClN2O/c1-12(18)14-3-2-10-19(11-14)16(20)9-6-13-4-7-15(17)8-5-13/h4-9,12,14H,2-3,10-11,18H2,1H3/b9-6+/t12-,14-/m0/s1. The molecule has 2 rings (SSSR count). The van der Waals surface area contributed by atoms with Crippen LogP contribution in [0.25, 0.3) is 6.08 Å². The van der Waals surface area contributed by atoms with Crippen molar-refractivity contribution in [3.05, 3.63) is 40.9 Å². The summed E-state index contributed by atoms with van der Waals surface area (Å²) in [4.78, 5) is 14.1. The van der Waals surface area contributed by atoms with Crippen molar-refractivity contribution in [1.82, 2.24) is 4.90 Å². The summed E-state index contributed by atoms with van der Waals surface area (Å²) in [5.74, 6) is 0.474. The number of likely N-dealkylation sites (tertiary alicyclic amines) is 1. The molecule has 0 unspecified atom stereocenters. The van der Waals surface area contributed by atoms with E-state index in [4.69, 9.17) is 17.3 Å². The molecule has 1 aromatic carbocycles. The summed E-state index contributed by atoms with van der Waals surface area (Å²) in [6, 6.07) is 7.57. The van der Waals surface area contributed by atoms with E-state index in [1.807, 2.05) is 42.2 Å². The van der Waals surface area contributed by atoms with Crippen LogP contribution in [-0.4, -0.2) is 29.9 Å². The molecule has 1 aromatic rings. The van der Waals surface area contributed by atoms with Gasteiger partial charge in [0, 0.05) is 30.2 Å². The lowest BCUT2D eigenvalue weighted by Gasteiger charge is -2.34. The summed E-state index contributed by atoms with van der Waals surface area (Å²) in [5.41, 5.74) is 6.92. The molecule has 4 heteroatoms. The minimum Gasteiger partial charge on any atom is -0.339 e. The molecule has 108 valence electrons. The van der Waals surface area contributed by atoms with Crippen LogP contribution in [0.15, 0.2) is 30.3 Å². The van der Waals surface area contributed by atoms with Gasteiger partial charge in [-0.15, -0.1) is 0 Å². The molecule has 1 aliphatic heterocycles. The first-order valence-corrected chi connectivity index (χ1v) is 7.42. The Morgan fingerprint density at radius 1 is 1.45 bits per heavy atom. The zero-order chi connectivity index (χ0) is 14.5. The van der Waals surface area contributed by atoms with E-state index in [1.54, 1.807) is 6.08 Å². The first kappa shape index (κ1) is 15.1. The summed E-state index contributed by atoms with van der Waals surface area (Å²) >= 11 is 5.83. The number of nitrogens with two attached hydrogens (primary N) is 1. The van der Waals surface area contributed by atoms with Crippen molar-refractivity contribution in [2.75, 3.05) is 13.1 Å². The average Bonchev–Trinajstić information content (AvgIpc) is 2.46. The zero-order valence-corrected chi connectivity index (χ0v) is 12.5. The Hall–Kier alpha value is -1.32. The second kappa shape index (κ2) is 6.91. The van der Waals surface area contributed by atoms with Gasteiger partial charge in [0.1, 0.15) is 0 Å². The van der Waals surface area contributed by atoms with Crippen molar-refractivity contribution in [1.29, 1.82) is 0 Å². The molecule has 1 fully saturated rings. The number of amides is 1. The van der Waals surface area contributed by atoms with E-state index in [0.717, 1.165) is 31.5 Å². The molecule has 1 amide bonds. The lowest BCUT2D eigenvalue weighted by atomic mass is 9.92. The Labute approximate surface area is 125 Å². The number of piperidine rings is 1. The third-order valence-electron chi connectivity index (χ3n) is 3.80. The number of halogens is 1. The Balaban J connectivity index is 1.95. The van der Waals surface area contributed by atoms with Gasteiger partial charge in [-0.1, -0.05) is 23.7 Å². The van der Waals surface area contributed by atoms with Gasteiger partial charge >= 0.3 is 0 Å². The Morgan fingerprint density at radius 3 is 2.80 bits per heavy atom. The third-order valence-corrected chi connectivity index (χ3v) is 4.05. The lowest BCUT2D eigenvalue weighted by molar-refractivity contribution is -0.127. The fraction of sp³-hybridized carbons (Fsp3) is 0.438. The van der Waals surface area contributed by atoms with Crippen LogP contribution in [0.3, 0.4) is 0 Å². The van der Waals surface area contributed by atoms with Gasteiger partial charge in [-0.3, -0.25) is 4.79 Å². The van der Waals surface area contributed by atoms with Crippen molar-refractivity contribution in [2.24, 2.45) is 11.7 Å². The van der Waals surface area contributed by atoms with Gasteiger partial charge in [-0.05, 0) is 49.5 Å². The maximum absolute atomic E-state index is 12.2. The van der Waals surface area contributed by atoms with Gasteiger partial charge in [0.15, 0.2) is 0 Å². The second-order valence-electron chi connectivity index (χ2n) is 5.43. The van der Waals surface area contributed by atoms with Crippen LogP contribution in [0, 0.1) is 5.92 Å². The van der Waals surface area contributed by atoms with Crippen LogP contribution >= 0.6 is 11.6 Å². The van der Waals surface area contributed by atoms with Gasteiger partial charge in [0.05, 0.1) is 0 Å². The number of hydrogen-bond acceptors (Lipinski definition) is 2. The third kappa shape index (κ3) is 4.09. The molecule has 3 nitrogen and oxygen atoms in total. The molecule has 20 heavy (non-hydrogen) atoms. The predicted octanol–water partition coefficient (Wildman–Crippen LogP) is 2.94. The van der Waals surface area contributed by atoms with Crippen molar-refractivity contribution < 1.29 is 4.79 Å². The molecule has 2 atom stereocenters. The highest BCUT2D eigenvalue weighted by Crippen LogP contribution is 2.19. The SMILES string of the molecule is C[C@H](N)[C@H]1CCCN(C(=O)/C=C/c2ccc(Cl)cc2)C1. The van der Waals surface area contributed by atoms with Crippen LogP contribution in [0.2, 0.25) is 5.02 Å². The van der Waals surface area contributed by atoms with Crippen molar-refractivity contribution in [3.8, 4) is 0 Å². The number of carbonyl (C=O) groups excluding carboxylic acids is 1. The second-order valence-corrected chi connectivity index (χ2v) is 5.87. The van der Waals surface area contributed by atoms with Crippen LogP contribution < -0.4 is 5.73 Å². The zero-order valence-electron chi connectivity index (χ0n) is 11.8. The molecule has 0 bridgehead atoms. The molecule has 0 aromatic heterocycles. The molecule has 1 saturated heterocycles. The topological polar surface area (TPSA) is 46.3 Å². The van der Waals surface area contributed by atoms with Crippen molar-refractivity contribution >= 4 is 23.6 Å². The van der Waals surface area contributed by atoms with Gasteiger partial charge in [0.2, 0.25) is 5.91 Å². The monoisotopic (exact) mass is 292 g/mol. The van der Waals surface area contributed by atoms with Gasteiger partial charge in [-0.2, -0.15) is 0 Å². The normalized spacial score (nSPS) is 21.1. The van der Waals surface area contributed by atoms with Gasteiger partial charge in [-0.25, -0.2) is 0 Å². The van der Waals surface area contributed by atoms with Crippen LogP contribution in [0.5, 0.6) is 0 Å². The van der Waals surface area contributed by atoms with Gasteiger partial charge in [0.25, 0.3) is 0 Å². The average molecular weight is 293 g/mol. The molecular formula is C16H21ClN2O. The maximum atomic E-state index is 12.2. The molecule has 0 spiro atoms. The summed E-state index contributed by atoms with van der Waals surface area (Å²) in [5, 5.41) is 0.698. The van der Waals surface area contributed by atoms with E-state index >= 15 is 0 Å². The Morgan fingerprint density at radius 2 is 2.15 bits per heavy atom. The lowest BCUT2D eigenvalue weighted by Crippen LogP contribution is -2.44. The number of benzene rings is 1. The first-order valence-electron chi connectivity index (χ1n) is 7.04. The molecule has 0 saturated carbocycles. The quantitative estimate of drug-likeness (QED) is 0.871. The summed E-state index contributed by atoms with van der Waals surface area (Å²) in [6.07, 6.45) is 5.61. The predicted molar refractivity (Wildman–Crippen MR) is 83.4 cm³/mol. The van der Waals surface area contributed by atoms with Crippen molar-refractivity contribution in [3.63, 3.8) is 0 Å². The van der Waals surface area contributed by atoms with E-state index in [9.17, 15) is 4.79 Å². The number of carbonyl (C=O) groups is 1. The Kier molecular flexibility index (Phi) is 5.21. The van der Waals surface area contributed by atoms with E-state index < -0.39 is 0 Å². The van der Waals surface area contributed by atoms with E-state index in [0.29, 0.717) is 10.9 Å². The van der Waals surface area contributed by atoms with Crippen LogP contribution in [0.1, 0.15) is 25.3 Å². The molecular weight excluding hydrogens is 272 g/mol. The highest BCUT2D eigenvalue weighted by atomic mass is 35.5. The summed E-state index contributed by atoms with van der Waals surface area (Å²) < 4.78 is 0. The maximum Gasteiger partial charge on any atom is 0.246 e. The van der Waals surface area contributed by atoms with Crippen LogP contribution in [0.4, 0.5) is 0 Å². The molecule has 1 heterocycles. The molecule has 0 aliphatic carbocycles.